The minimum atomic E-state index is 0.0471. The van der Waals surface area contributed by atoms with Crippen molar-refractivity contribution < 1.29 is 9.53 Å². The monoisotopic (exact) mass is 264 g/mol. The number of carbonyl (C=O) groups excluding carboxylic acids is 1. The van der Waals surface area contributed by atoms with Crippen LogP contribution in [0.3, 0.4) is 0 Å². The summed E-state index contributed by atoms with van der Waals surface area (Å²) in [6.45, 7) is 8.57. The summed E-state index contributed by atoms with van der Waals surface area (Å²) >= 11 is 0. The van der Waals surface area contributed by atoms with E-state index in [0.29, 0.717) is 37.7 Å². The Balaban J connectivity index is 2.73. The first kappa shape index (κ1) is 15.5. The van der Waals surface area contributed by atoms with E-state index in [1.807, 2.05) is 49.9 Å². The second-order valence-electron chi connectivity index (χ2n) is 4.64. The number of hydrogen-bond donors (Lipinski definition) is 1. The zero-order valence-electron chi connectivity index (χ0n) is 12.1. The van der Waals surface area contributed by atoms with E-state index in [-0.39, 0.29) is 5.91 Å². The van der Waals surface area contributed by atoms with Crippen LogP contribution in [0.5, 0.6) is 5.75 Å². The molecule has 0 spiro atoms. The smallest absolute Gasteiger partial charge is 0.253 e. The highest BCUT2D eigenvalue weighted by Crippen LogP contribution is 2.14. The number of carbonyl (C=O) groups is 1. The zero-order chi connectivity index (χ0) is 14.3. The Morgan fingerprint density at radius 2 is 1.95 bits per heavy atom. The Hall–Kier alpha value is -1.55. The number of amides is 1. The van der Waals surface area contributed by atoms with Crippen LogP contribution in [-0.4, -0.2) is 37.0 Å². The molecule has 0 aliphatic rings. The van der Waals surface area contributed by atoms with Crippen LogP contribution >= 0.6 is 0 Å². The maximum absolute atomic E-state index is 12.3. The van der Waals surface area contributed by atoms with Crippen LogP contribution in [0.15, 0.2) is 24.3 Å². The van der Waals surface area contributed by atoms with E-state index in [1.165, 1.54) is 0 Å². The molecular weight excluding hydrogens is 240 g/mol. The first-order valence-corrected chi connectivity index (χ1v) is 6.84. The minimum absolute atomic E-state index is 0.0471. The Bertz CT molecular complexity index is 390. The van der Waals surface area contributed by atoms with Crippen molar-refractivity contribution in [3.8, 4) is 5.75 Å². The van der Waals surface area contributed by atoms with Crippen molar-refractivity contribution in [2.75, 3.05) is 26.2 Å². The molecule has 1 rings (SSSR count). The molecule has 1 aromatic carbocycles. The molecule has 0 aliphatic carbocycles. The molecule has 0 bridgehead atoms. The van der Waals surface area contributed by atoms with E-state index >= 15 is 0 Å². The van der Waals surface area contributed by atoms with Crippen molar-refractivity contribution in [2.24, 2.45) is 11.7 Å². The predicted molar refractivity (Wildman–Crippen MR) is 77.4 cm³/mol. The lowest BCUT2D eigenvalue weighted by Crippen LogP contribution is -2.36. The van der Waals surface area contributed by atoms with Gasteiger partial charge in [0.05, 0.1) is 6.61 Å². The summed E-state index contributed by atoms with van der Waals surface area (Å²) in [5.41, 5.74) is 6.30. The summed E-state index contributed by atoms with van der Waals surface area (Å²) in [4.78, 5) is 14.2. The van der Waals surface area contributed by atoms with Gasteiger partial charge < -0.3 is 15.4 Å². The maximum atomic E-state index is 12.3. The highest BCUT2D eigenvalue weighted by molar-refractivity contribution is 5.94. The largest absolute Gasteiger partial charge is 0.494 e. The third-order valence-corrected chi connectivity index (χ3v) is 3.02. The van der Waals surface area contributed by atoms with Crippen LogP contribution in [0.1, 0.15) is 31.1 Å². The fourth-order valence-electron chi connectivity index (χ4n) is 1.85. The van der Waals surface area contributed by atoms with Gasteiger partial charge in [0, 0.05) is 18.7 Å². The van der Waals surface area contributed by atoms with E-state index in [2.05, 4.69) is 0 Å². The first-order chi connectivity index (χ1) is 9.12. The third-order valence-electron chi connectivity index (χ3n) is 3.02. The maximum Gasteiger partial charge on any atom is 0.253 e. The van der Waals surface area contributed by atoms with Crippen molar-refractivity contribution >= 4 is 5.91 Å². The van der Waals surface area contributed by atoms with Crippen molar-refractivity contribution in [3.05, 3.63) is 29.8 Å². The number of benzene rings is 1. The quantitative estimate of drug-likeness (QED) is 0.821. The molecule has 1 atom stereocenters. The molecule has 0 heterocycles. The molecule has 0 aliphatic heterocycles. The summed E-state index contributed by atoms with van der Waals surface area (Å²) in [5.74, 6) is 1.15. The molecular formula is C15H24N2O2. The summed E-state index contributed by atoms with van der Waals surface area (Å²) in [6.07, 6.45) is 0. The molecule has 2 N–H and O–H groups in total. The lowest BCUT2D eigenvalue weighted by Gasteiger charge is -2.24. The van der Waals surface area contributed by atoms with Gasteiger partial charge in [-0.3, -0.25) is 4.79 Å². The van der Waals surface area contributed by atoms with Crippen LogP contribution in [0.25, 0.3) is 0 Å². The van der Waals surface area contributed by atoms with E-state index in [4.69, 9.17) is 10.5 Å². The Kier molecular flexibility index (Phi) is 6.36. The highest BCUT2D eigenvalue weighted by atomic mass is 16.5. The van der Waals surface area contributed by atoms with E-state index < -0.39 is 0 Å². The van der Waals surface area contributed by atoms with E-state index in [0.717, 1.165) is 5.75 Å². The number of nitrogens with two attached hydrogens (primary N) is 1. The fraction of sp³-hybridized carbons (Fsp3) is 0.533. The fourth-order valence-corrected chi connectivity index (χ4v) is 1.85. The van der Waals surface area contributed by atoms with Crippen LogP contribution in [0.4, 0.5) is 0 Å². The molecule has 4 heteroatoms. The Morgan fingerprint density at radius 1 is 1.32 bits per heavy atom. The molecule has 0 saturated carbocycles. The molecule has 1 unspecified atom stereocenters. The molecule has 4 nitrogen and oxygen atoms in total. The topological polar surface area (TPSA) is 55.6 Å². The summed E-state index contributed by atoms with van der Waals surface area (Å²) in [5, 5.41) is 0. The number of hydrogen-bond acceptors (Lipinski definition) is 3. The van der Waals surface area contributed by atoms with Gasteiger partial charge in [0.15, 0.2) is 0 Å². The molecule has 0 radical (unpaired) electrons. The Morgan fingerprint density at radius 3 is 2.42 bits per heavy atom. The van der Waals surface area contributed by atoms with Crippen molar-refractivity contribution in [3.63, 3.8) is 0 Å². The number of ether oxygens (including phenoxy) is 1. The van der Waals surface area contributed by atoms with E-state index in [1.54, 1.807) is 0 Å². The molecule has 19 heavy (non-hydrogen) atoms. The van der Waals surface area contributed by atoms with Gasteiger partial charge in [-0.15, -0.1) is 0 Å². The van der Waals surface area contributed by atoms with Gasteiger partial charge in [0.2, 0.25) is 0 Å². The average molecular weight is 264 g/mol. The number of rotatable bonds is 7. The molecule has 106 valence electrons. The lowest BCUT2D eigenvalue weighted by atomic mass is 10.1. The van der Waals surface area contributed by atoms with E-state index in [9.17, 15) is 4.79 Å². The first-order valence-electron chi connectivity index (χ1n) is 6.84. The second kappa shape index (κ2) is 7.79. The van der Waals surface area contributed by atoms with Crippen LogP contribution in [0.2, 0.25) is 0 Å². The van der Waals surface area contributed by atoms with Gasteiger partial charge in [-0.05, 0) is 50.6 Å². The minimum Gasteiger partial charge on any atom is -0.494 e. The summed E-state index contributed by atoms with van der Waals surface area (Å²) < 4.78 is 5.37. The van der Waals surface area contributed by atoms with Crippen molar-refractivity contribution in [1.29, 1.82) is 0 Å². The highest BCUT2D eigenvalue weighted by Gasteiger charge is 2.16. The molecule has 1 aromatic rings. The predicted octanol–water partition coefficient (Wildman–Crippen LogP) is 2.14. The molecule has 0 saturated heterocycles. The number of nitrogens with zero attached hydrogens (tertiary/aromatic N) is 1. The SMILES string of the molecule is CCOc1ccc(C(=O)N(CC)CC(C)CN)cc1. The van der Waals surface area contributed by atoms with Crippen LogP contribution < -0.4 is 10.5 Å². The van der Waals surface area contributed by atoms with Crippen molar-refractivity contribution in [1.82, 2.24) is 4.90 Å². The van der Waals surface area contributed by atoms with Gasteiger partial charge >= 0.3 is 0 Å². The van der Waals surface area contributed by atoms with Crippen molar-refractivity contribution in [2.45, 2.75) is 20.8 Å². The van der Waals surface area contributed by atoms with Crippen LogP contribution in [-0.2, 0) is 0 Å². The lowest BCUT2D eigenvalue weighted by molar-refractivity contribution is 0.0744. The Labute approximate surface area is 115 Å². The average Bonchev–Trinajstić information content (AvgIpc) is 2.45. The summed E-state index contributed by atoms with van der Waals surface area (Å²) in [6, 6.07) is 7.28. The standard InChI is InChI=1S/C15H24N2O2/c1-4-17(11-12(3)10-16)15(18)13-6-8-14(9-7-13)19-5-2/h6-9,12H,4-5,10-11,16H2,1-3H3. The van der Waals surface area contributed by atoms with Gasteiger partial charge in [-0.1, -0.05) is 6.92 Å². The van der Waals surface area contributed by atoms with Gasteiger partial charge in [-0.25, -0.2) is 0 Å². The normalized spacial score (nSPS) is 12.0. The van der Waals surface area contributed by atoms with Gasteiger partial charge in [0.25, 0.3) is 5.91 Å². The molecule has 0 aromatic heterocycles. The molecule has 1 amide bonds. The zero-order valence-corrected chi connectivity index (χ0v) is 12.1. The van der Waals surface area contributed by atoms with Gasteiger partial charge in [-0.2, -0.15) is 0 Å². The second-order valence-corrected chi connectivity index (χ2v) is 4.64. The van der Waals surface area contributed by atoms with Gasteiger partial charge in [0.1, 0.15) is 5.75 Å². The third kappa shape index (κ3) is 4.56. The molecule has 0 fully saturated rings. The summed E-state index contributed by atoms with van der Waals surface area (Å²) in [7, 11) is 0. The van der Waals surface area contributed by atoms with Crippen LogP contribution in [0, 0.1) is 5.92 Å².